The van der Waals surface area contributed by atoms with Gasteiger partial charge < -0.3 is 4.84 Å². The third-order valence-corrected chi connectivity index (χ3v) is 5.65. The van der Waals surface area contributed by atoms with Crippen LogP contribution < -0.4 is 0 Å². The minimum absolute atomic E-state index is 0.474. The Labute approximate surface area is 171 Å². The molecule has 3 aromatic carbocycles. The van der Waals surface area contributed by atoms with Crippen molar-refractivity contribution in [3.63, 3.8) is 0 Å². The molecule has 4 rings (SSSR count). The fourth-order valence-electron chi connectivity index (χ4n) is 3.55. The van der Waals surface area contributed by atoms with Crippen molar-refractivity contribution in [1.82, 2.24) is 0 Å². The van der Waals surface area contributed by atoms with E-state index in [0.29, 0.717) is 12.5 Å². The lowest BCUT2D eigenvalue weighted by molar-refractivity contribution is 0.129. The maximum atomic E-state index is 6.02. The van der Waals surface area contributed by atoms with Gasteiger partial charge in [-0.3, -0.25) is 0 Å². The predicted octanol–water partition coefficient (Wildman–Crippen LogP) is 6.95. The topological polar surface area (TPSA) is 21.6 Å². The molecule has 0 atom stereocenters. The first kappa shape index (κ1) is 18.8. The van der Waals surface area contributed by atoms with E-state index in [2.05, 4.69) is 55.4 Å². The Morgan fingerprint density at radius 2 is 1.68 bits per heavy atom. The summed E-state index contributed by atoms with van der Waals surface area (Å²) in [5.74, 6) is 0.499. The summed E-state index contributed by atoms with van der Waals surface area (Å²) in [6.45, 7) is 4.77. The summed E-state index contributed by atoms with van der Waals surface area (Å²) >= 11 is 6.02. The molecule has 0 unspecified atom stereocenters. The highest BCUT2D eigenvalue weighted by Gasteiger charge is 2.29. The molecule has 0 aliphatic heterocycles. The van der Waals surface area contributed by atoms with E-state index in [4.69, 9.17) is 16.4 Å². The van der Waals surface area contributed by atoms with Crippen molar-refractivity contribution in [2.24, 2.45) is 11.1 Å². The second kappa shape index (κ2) is 8.20. The molecule has 28 heavy (non-hydrogen) atoms. The van der Waals surface area contributed by atoms with Crippen LogP contribution in [-0.4, -0.2) is 5.71 Å². The average molecular weight is 390 g/mol. The lowest BCUT2D eigenvalue weighted by Gasteiger charge is -2.14. The zero-order valence-corrected chi connectivity index (χ0v) is 17.0. The van der Waals surface area contributed by atoms with E-state index in [9.17, 15) is 0 Å². The number of benzene rings is 3. The van der Waals surface area contributed by atoms with Crippen LogP contribution >= 0.6 is 11.6 Å². The van der Waals surface area contributed by atoms with Crippen LogP contribution in [0.5, 0.6) is 0 Å². The van der Waals surface area contributed by atoms with Crippen molar-refractivity contribution in [1.29, 1.82) is 0 Å². The van der Waals surface area contributed by atoms with Crippen LogP contribution in [0, 0.1) is 19.8 Å². The molecule has 1 saturated carbocycles. The quantitative estimate of drug-likeness (QED) is 0.330. The minimum Gasteiger partial charge on any atom is -0.391 e. The van der Waals surface area contributed by atoms with Gasteiger partial charge in [0.25, 0.3) is 0 Å². The van der Waals surface area contributed by atoms with Gasteiger partial charge in [0.05, 0.1) is 5.71 Å². The van der Waals surface area contributed by atoms with Crippen LogP contribution in [0.4, 0.5) is 0 Å². The van der Waals surface area contributed by atoms with Gasteiger partial charge in [-0.1, -0.05) is 71.4 Å². The summed E-state index contributed by atoms with van der Waals surface area (Å²) in [6, 6.07) is 22.7. The summed E-state index contributed by atoms with van der Waals surface area (Å²) in [6.07, 6.45) is 2.35. The molecule has 0 N–H and O–H groups in total. The van der Waals surface area contributed by atoms with Crippen LogP contribution in [0.3, 0.4) is 0 Å². The molecule has 1 aliphatic carbocycles. The lowest BCUT2D eigenvalue weighted by atomic mass is 9.94. The minimum atomic E-state index is 0.474. The third kappa shape index (κ3) is 4.13. The average Bonchev–Trinajstić information content (AvgIpc) is 3.54. The standard InChI is InChI=1S/C25H24ClNO/c1-17-8-15-23(19-6-4-3-5-7-19)18(2)24(17)16-28-27-25(20-9-10-20)21-11-13-22(26)14-12-21/h3-8,11-15,20H,9-10,16H2,1-2H3/b27-25+. The zero-order valence-electron chi connectivity index (χ0n) is 16.3. The van der Waals surface area contributed by atoms with Crippen LogP contribution in [0.15, 0.2) is 71.9 Å². The van der Waals surface area contributed by atoms with Crippen molar-refractivity contribution in [2.75, 3.05) is 0 Å². The van der Waals surface area contributed by atoms with Crippen molar-refractivity contribution in [3.05, 3.63) is 94.0 Å². The first-order valence-corrected chi connectivity index (χ1v) is 10.1. The normalized spacial score (nSPS) is 14.2. The third-order valence-electron chi connectivity index (χ3n) is 5.39. The number of hydrogen-bond donors (Lipinski definition) is 0. The largest absolute Gasteiger partial charge is 0.391 e. The van der Waals surface area contributed by atoms with E-state index in [1.54, 1.807) is 0 Å². The summed E-state index contributed by atoms with van der Waals surface area (Å²) < 4.78 is 0. The molecule has 0 heterocycles. The second-order valence-corrected chi connectivity index (χ2v) is 7.87. The monoisotopic (exact) mass is 389 g/mol. The van der Waals surface area contributed by atoms with Gasteiger partial charge in [-0.05, 0) is 72.2 Å². The maximum Gasteiger partial charge on any atom is 0.142 e. The molecular formula is C25H24ClNO. The summed E-state index contributed by atoms with van der Waals surface area (Å²) in [5.41, 5.74) is 8.28. The van der Waals surface area contributed by atoms with Crippen LogP contribution in [-0.2, 0) is 11.4 Å². The Bertz CT molecular complexity index is 989. The lowest BCUT2D eigenvalue weighted by Crippen LogP contribution is -2.05. The smallest absolute Gasteiger partial charge is 0.142 e. The highest BCUT2D eigenvalue weighted by Crippen LogP contribution is 2.34. The summed E-state index contributed by atoms with van der Waals surface area (Å²) in [7, 11) is 0. The molecule has 0 radical (unpaired) electrons. The molecule has 0 spiro atoms. The van der Waals surface area contributed by atoms with Crippen LogP contribution in [0.1, 0.15) is 35.1 Å². The molecule has 1 aliphatic rings. The number of hydrogen-bond acceptors (Lipinski definition) is 2. The number of oxime groups is 1. The Kier molecular flexibility index (Phi) is 5.50. The molecule has 3 heteroatoms. The predicted molar refractivity (Wildman–Crippen MR) is 117 cm³/mol. The molecule has 3 aromatic rings. The number of halogens is 1. The molecule has 142 valence electrons. The van der Waals surface area contributed by atoms with Crippen LogP contribution in [0.25, 0.3) is 11.1 Å². The van der Waals surface area contributed by atoms with E-state index in [1.807, 2.05) is 30.3 Å². The van der Waals surface area contributed by atoms with Crippen molar-refractivity contribution in [2.45, 2.75) is 33.3 Å². The number of nitrogens with zero attached hydrogens (tertiary/aromatic N) is 1. The maximum absolute atomic E-state index is 6.02. The first-order chi connectivity index (χ1) is 13.6. The van der Waals surface area contributed by atoms with Gasteiger partial charge in [-0.2, -0.15) is 0 Å². The molecule has 0 amide bonds. The van der Waals surface area contributed by atoms with E-state index >= 15 is 0 Å². The van der Waals surface area contributed by atoms with Gasteiger partial charge in [0.1, 0.15) is 6.61 Å². The highest BCUT2D eigenvalue weighted by molar-refractivity contribution is 6.30. The zero-order chi connectivity index (χ0) is 19.5. The van der Waals surface area contributed by atoms with Crippen LogP contribution in [0.2, 0.25) is 5.02 Å². The fourth-order valence-corrected chi connectivity index (χ4v) is 3.68. The first-order valence-electron chi connectivity index (χ1n) is 9.74. The van der Waals surface area contributed by atoms with Gasteiger partial charge >= 0.3 is 0 Å². The molecule has 1 fully saturated rings. The van der Waals surface area contributed by atoms with Gasteiger partial charge in [0.15, 0.2) is 0 Å². The van der Waals surface area contributed by atoms with Gasteiger partial charge in [0.2, 0.25) is 0 Å². The van der Waals surface area contributed by atoms with E-state index in [0.717, 1.165) is 16.3 Å². The van der Waals surface area contributed by atoms with Crippen molar-refractivity contribution < 1.29 is 4.84 Å². The SMILES string of the molecule is Cc1ccc(-c2ccccc2)c(C)c1CO/N=C(/c1ccc(Cl)cc1)C1CC1. The van der Waals surface area contributed by atoms with Gasteiger partial charge in [-0.15, -0.1) is 0 Å². The highest BCUT2D eigenvalue weighted by atomic mass is 35.5. The molecule has 0 bridgehead atoms. The number of rotatable bonds is 6. The van der Waals surface area contributed by atoms with E-state index < -0.39 is 0 Å². The molecule has 0 aromatic heterocycles. The molecule has 2 nitrogen and oxygen atoms in total. The Hall–Kier alpha value is -2.58. The molecular weight excluding hydrogens is 366 g/mol. The Balaban J connectivity index is 1.57. The summed E-state index contributed by atoms with van der Waals surface area (Å²) in [5, 5.41) is 5.28. The Morgan fingerprint density at radius 1 is 0.964 bits per heavy atom. The number of aryl methyl sites for hydroxylation is 1. The second-order valence-electron chi connectivity index (χ2n) is 7.43. The fraction of sp³-hybridized carbons (Fsp3) is 0.240. The molecule has 0 saturated heterocycles. The van der Waals surface area contributed by atoms with Gasteiger partial charge in [0, 0.05) is 10.9 Å². The van der Waals surface area contributed by atoms with E-state index in [1.165, 1.54) is 40.7 Å². The van der Waals surface area contributed by atoms with E-state index in [-0.39, 0.29) is 0 Å². The Morgan fingerprint density at radius 3 is 2.36 bits per heavy atom. The van der Waals surface area contributed by atoms with Crippen molar-refractivity contribution in [3.8, 4) is 11.1 Å². The summed E-state index contributed by atoms with van der Waals surface area (Å²) in [4.78, 5) is 5.88. The van der Waals surface area contributed by atoms with Gasteiger partial charge in [-0.25, -0.2) is 0 Å². The van der Waals surface area contributed by atoms with Crippen molar-refractivity contribution >= 4 is 17.3 Å².